The third-order valence-electron chi connectivity index (χ3n) is 2.16. The summed E-state index contributed by atoms with van der Waals surface area (Å²) in [6.45, 7) is 1.76. The Kier molecular flexibility index (Phi) is 3.76. The summed E-state index contributed by atoms with van der Waals surface area (Å²) in [5.74, 6) is 4.95. The molecule has 1 fully saturated rings. The highest BCUT2D eigenvalue weighted by atomic mass is 19.1. The van der Waals surface area contributed by atoms with Crippen molar-refractivity contribution in [2.75, 3.05) is 26.4 Å². The van der Waals surface area contributed by atoms with E-state index in [-0.39, 0.29) is 6.67 Å². The molecule has 0 aromatic heterocycles. The lowest BCUT2D eigenvalue weighted by Gasteiger charge is -2.21. The van der Waals surface area contributed by atoms with Crippen LogP contribution in [0.2, 0.25) is 0 Å². The zero-order chi connectivity index (χ0) is 8.10. The Balaban J connectivity index is 2.25. The van der Waals surface area contributed by atoms with Gasteiger partial charge in [0.1, 0.15) is 6.67 Å². The fraction of sp³-hybridized carbons (Fsp3) is 1.00. The lowest BCUT2D eigenvalue weighted by Crippen LogP contribution is -2.35. The highest BCUT2D eigenvalue weighted by Gasteiger charge is 2.23. The van der Waals surface area contributed by atoms with Gasteiger partial charge in [0.25, 0.3) is 0 Å². The first-order valence-corrected chi connectivity index (χ1v) is 4.00. The highest BCUT2D eigenvalue weighted by Crippen LogP contribution is 2.16. The van der Waals surface area contributed by atoms with Crippen molar-refractivity contribution in [2.24, 2.45) is 5.90 Å². The van der Waals surface area contributed by atoms with Gasteiger partial charge in [0.05, 0.1) is 6.61 Å². The molecular formula is C7H15FN2O. The van der Waals surface area contributed by atoms with Gasteiger partial charge in [-0.3, -0.25) is 4.90 Å². The van der Waals surface area contributed by atoms with Gasteiger partial charge in [0.2, 0.25) is 0 Å². The minimum atomic E-state index is -0.277. The van der Waals surface area contributed by atoms with E-state index in [1.54, 1.807) is 0 Å². The molecule has 1 heterocycles. The van der Waals surface area contributed by atoms with Gasteiger partial charge in [-0.05, 0) is 19.4 Å². The second kappa shape index (κ2) is 4.64. The van der Waals surface area contributed by atoms with E-state index in [0.717, 1.165) is 19.4 Å². The van der Waals surface area contributed by atoms with Crippen LogP contribution < -0.4 is 5.90 Å². The Morgan fingerprint density at radius 3 is 3.09 bits per heavy atom. The lowest BCUT2D eigenvalue weighted by molar-refractivity contribution is 0.0755. The number of rotatable bonds is 4. The van der Waals surface area contributed by atoms with E-state index in [1.165, 1.54) is 0 Å². The van der Waals surface area contributed by atoms with Gasteiger partial charge < -0.3 is 4.84 Å². The number of hydrogen-bond donors (Lipinski definition) is 1. The smallest absolute Gasteiger partial charge is 0.102 e. The van der Waals surface area contributed by atoms with Crippen molar-refractivity contribution in [3.05, 3.63) is 0 Å². The number of hydrogen-bond acceptors (Lipinski definition) is 3. The lowest BCUT2D eigenvalue weighted by atomic mass is 10.2. The predicted octanol–water partition coefficient (Wildman–Crippen LogP) is 0.311. The van der Waals surface area contributed by atoms with Gasteiger partial charge in [-0.2, -0.15) is 0 Å². The van der Waals surface area contributed by atoms with Gasteiger partial charge in [-0.1, -0.05) is 0 Å². The van der Waals surface area contributed by atoms with Crippen molar-refractivity contribution >= 4 is 0 Å². The largest absolute Gasteiger partial charge is 0.303 e. The van der Waals surface area contributed by atoms with E-state index in [1.807, 2.05) is 0 Å². The fourth-order valence-electron chi connectivity index (χ4n) is 1.60. The minimum absolute atomic E-state index is 0.277. The summed E-state index contributed by atoms with van der Waals surface area (Å²) in [5, 5.41) is 0. The molecule has 1 saturated heterocycles. The van der Waals surface area contributed by atoms with Crippen LogP contribution in [0.1, 0.15) is 12.8 Å². The highest BCUT2D eigenvalue weighted by molar-refractivity contribution is 4.78. The zero-order valence-electron chi connectivity index (χ0n) is 6.63. The Labute approximate surface area is 66.3 Å². The molecule has 1 aliphatic heterocycles. The second-order valence-corrected chi connectivity index (χ2v) is 2.85. The van der Waals surface area contributed by atoms with Crippen molar-refractivity contribution in [1.29, 1.82) is 0 Å². The first-order chi connectivity index (χ1) is 5.38. The average molecular weight is 162 g/mol. The van der Waals surface area contributed by atoms with Crippen LogP contribution in [-0.4, -0.2) is 37.3 Å². The van der Waals surface area contributed by atoms with Gasteiger partial charge in [-0.15, -0.1) is 0 Å². The molecule has 0 aromatic carbocycles. The van der Waals surface area contributed by atoms with Gasteiger partial charge >= 0.3 is 0 Å². The molecule has 2 N–H and O–H groups in total. The third-order valence-corrected chi connectivity index (χ3v) is 2.16. The molecule has 4 heteroatoms. The van der Waals surface area contributed by atoms with Crippen LogP contribution in [0.15, 0.2) is 0 Å². The Bertz CT molecular complexity index is 101. The van der Waals surface area contributed by atoms with Crippen molar-refractivity contribution in [1.82, 2.24) is 4.90 Å². The first kappa shape index (κ1) is 8.90. The van der Waals surface area contributed by atoms with Gasteiger partial charge in [0, 0.05) is 12.6 Å². The van der Waals surface area contributed by atoms with E-state index >= 15 is 0 Å². The summed E-state index contributed by atoms with van der Waals surface area (Å²) < 4.78 is 11.9. The van der Waals surface area contributed by atoms with E-state index in [2.05, 4.69) is 9.74 Å². The summed E-state index contributed by atoms with van der Waals surface area (Å²) >= 11 is 0. The Hall–Kier alpha value is -0.190. The molecule has 66 valence electrons. The molecule has 1 aliphatic rings. The Morgan fingerprint density at radius 2 is 2.45 bits per heavy atom. The molecule has 0 aromatic rings. The monoisotopic (exact) mass is 162 g/mol. The van der Waals surface area contributed by atoms with Crippen molar-refractivity contribution in [2.45, 2.75) is 18.9 Å². The maximum atomic E-state index is 11.9. The van der Waals surface area contributed by atoms with Crippen LogP contribution in [0, 0.1) is 0 Å². The molecule has 11 heavy (non-hydrogen) atoms. The summed E-state index contributed by atoms with van der Waals surface area (Å²) in [5.41, 5.74) is 0. The SMILES string of the molecule is NOCC1CCCN1CCF. The summed E-state index contributed by atoms with van der Waals surface area (Å²) in [7, 11) is 0. The molecule has 0 radical (unpaired) electrons. The molecular weight excluding hydrogens is 147 g/mol. The van der Waals surface area contributed by atoms with Gasteiger partial charge in [0.15, 0.2) is 0 Å². The van der Waals surface area contributed by atoms with Crippen LogP contribution in [0.25, 0.3) is 0 Å². The van der Waals surface area contributed by atoms with Crippen molar-refractivity contribution < 1.29 is 9.23 Å². The van der Waals surface area contributed by atoms with Crippen LogP contribution in [0.4, 0.5) is 4.39 Å². The van der Waals surface area contributed by atoms with E-state index in [0.29, 0.717) is 19.2 Å². The van der Waals surface area contributed by atoms with Crippen LogP contribution in [0.3, 0.4) is 0 Å². The molecule has 3 nitrogen and oxygen atoms in total. The summed E-state index contributed by atoms with van der Waals surface area (Å²) in [6.07, 6.45) is 2.21. The fourth-order valence-corrected chi connectivity index (χ4v) is 1.60. The summed E-state index contributed by atoms with van der Waals surface area (Å²) in [4.78, 5) is 6.63. The van der Waals surface area contributed by atoms with Crippen LogP contribution in [0.5, 0.6) is 0 Å². The first-order valence-electron chi connectivity index (χ1n) is 4.00. The minimum Gasteiger partial charge on any atom is -0.303 e. The van der Waals surface area contributed by atoms with E-state index in [9.17, 15) is 4.39 Å². The Morgan fingerprint density at radius 1 is 1.64 bits per heavy atom. The number of likely N-dealkylation sites (tertiary alicyclic amines) is 1. The third kappa shape index (κ3) is 2.39. The van der Waals surface area contributed by atoms with E-state index < -0.39 is 0 Å². The molecule has 0 aliphatic carbocycles. The molecule has 0 spiro atoms. The maximum Gasteiger partial charge on any atom is 0.102 e. The molecule has 0 saturated carbocycles. The molecule has 1 atom stereocenters. The predicted molar refractivity (Wildman–Crippen MR) is 40.7 cm³/mol. The topological polar surface area (TPSA) is 38.5 Å². The standard InChI is InChI=1S/C7H15FN2O/c8-3-5-10-4-1-2-7(10)6-11-9/h7H,1-6,9H2. The maximum absolute atomic E-state index is 11.9. The quantitative estimate of drug-likeness (QED) is 0.605. The van der Waals surface area contributed by atoms with Crippen molar-refractivity contribution in [3.63, 3.8) is 0 Å². The number of nitrogens with zero attached hydrogens (tertiary/aromatic N) is 1. The molecule has 1 unspecified atom stereocenters. The van der Waals surface area contributed by atoms with E-state index in [4.69, 9.17) is 5.90 Å². The second-order valence-electron chi connectivity index (χ2n) is 2.85. The van der Waals surface area contributed by atoms with Crippen LogP contribution >= 0.6 is 0 Å². The molecule has 0 amide bonds. The molecule has 0 bridgehead atoms. The number of alkyl halides is 1. The molecule has 1 rings (SSSR count). The van der Waals surface area contributed by atoms with Crippen molar-refractivity contribution in [3.8, 4) is 0 Å². The van der Waals surface area contributed by atoms with Crippen LogP contribution in [-0.2, 0) is 4.84 Å². The zero-order valence-corrected chi connectivity index (χ0v) is 6.63. The average Bonchev–Trinajstić information content (AvgIpc) is 2.39. The normalized spacial score (nSPS) is 26.2. The summed E-state index contributed by atoms with van der Waals surface area (Å²) in [6, 6.07) is 0.343. The number of nitrogens with two attached hydrogens (primary N) is 1. The van der Waals surface area contributed by atoms with Gasteiger partial charge in [-0.25, -0.2) is 10.3 Å². The number of halogens is 1.